The van der Waals surface area contributed by atoms with Gasteiger partial charge in [0.25, 0.3) is 5.82 Å². The third-order valence-electron chi connectivity index (χ3n) is 8.05. The number of carbonyl (C=O) groups excluding carboxylic acids is 2. The molecule has 5 rings (SSSR count). The Morgan fingerprint density at radius 1 is 1.11 bits per heavy atom. The fourth-order valence-corrected chi connectivity index (χ4v) is 5.76. The zero-order chi connectivity index (χ0) is 32.3. The second kappa shape index (κ2) is 13.2. The van der Waals surface area contributed by atoms with Gasteiger partial charge in [0, 0.05) is 32.1 Å². The lowest BCUT2D eigenvalue weighted by molar-refractivity contribution is 0.0503. The standard InChI is InChI=1S/C31H40FN7O6/c1-18-7-8-24(32)22(13-18)23-16-39(17-25(23)35-30(41)44-31(3,4)5)28-33-14-21(15-34-28)43-19(2)20-9-11-38(12-10-20)29-36-26(37-45-29)27(40)42-6/h7-8,13-15,19-20,23,25H,9-12,16-17H2,1-6H3,(H,35,41)/t19-,23+,25-/m0/s1. The predicted molar refractivity (Wildman–Crippen MR) is 162 cm³/mol. The normalized spacial score (nSPS) is 19.7. The molecular weight excluding hydrogens is 585 g/mol. The second-order valence-corrected chi connectivity index (χ2v) is 12.5. The van der Waals surface area contributed by atoms with Crippen molar-refractivity contribution in [2.75, 3.05) is 43.1 Å². The molecule has 2 fully saturated rings. The van der Waals surface area contributed by atoms with Gasteiger partial charge in [-0.2, -0.15) is 4.98 Å². The first-order valence-corrected chi connectivity index (χ1v) is 15.1. The Morgan fingerprint density at radius 2 is 1.82 bits per heavy atom. The molecule has 2 aromatic heterocycles. The molecule has 0 bridgehead atoms. The number of ether oxygens (including phenoxy) is 3. The molecule has 0 radical (unpaired) electrons. The number of carbonyl (C=O) groups is 2. The lowest BCUT2D eigenvalue weighted by Crippen LogP contribution is -2.43. The third-order valence-corrected chi connectivity index (χ3v) is 8.05. The molecular formula is C31H40FN7O6. The van der Waals surface area contributed by atoms with E-state index in [9.17, 15) is 14.0 Å². The summed E-state index contributed by atoms with van der Waals surface area (Å²) in [6.07, 6.45) is 4.27. The molecule has 242 valence electrons. The molecule has 0 saturated carbocycles. The molecule has 2 aliphatic rings. The summed E-state index contributed by atoms with van der Waals surface area (Å²) in [5.41, 5.74) is 0.797. The Morgan fingerprint density at radius 3 is 2.49 bits per heavy atom. The summed E-state index contributed by atoms with van der Waals surface area (Å²) in [7, 11) is 1.27. The number of methoxy groups -OCH3 is 1. The fraction of sp³-hybridized carbons (Fsp3) is 0.548. The highest BCUT2D eigenvalue weighted by molar-refractivity contribution is 5.85. The molecule has 2 saturated heterocycles. The highest BCUT2D eigenvalue weighted by Crippen LogP contribution is 2.33. The molecule has 1 amide bonds. The van der Waals surface area contributed by atoms with Crippen LogP contribution < -0.4 is 19.9 Å². The Kier molecular flexibility index (Phi) is 9.40. The van der Waals surface area contributed by atoms with E-state index in [1.165, 1.54) is 13.2 Å². The Balaban J connectivity index is 1.20. The number of piperidine rings is 1. The number of amides is 1. The van der Waals surface area contributed by atoms with E-state index in [1.807, 2.05) is 29.7 Å². The smallest absolute Gasteiger partial charge is 0.407 e. The zero-order valence-corrected chi connectivity index (χ0v) is 26.4. The molecule has 3 atom stereocenters. The second-order valence-electron chi connectivity index (χ2n) is 12.5. The summed E-state index contributed by atoms with van der Waals surface area (Å²) in [6.45, 7) is 11.5. The number of aromatic nitrogens is 4. The van der Waals surface area contributed by atoms with E-state index in [0.29, 0.717) is 49.5 Å². The van der Waals surface area contributed by atoms with E-state index in [0.717, 1.165) is 18.4 Å². The van der Waals surface area contributed by atoms with Crippen LogP contribution in [0.25, 0.3) is 0 Å². The van der Waals surface area contributed by atoms with Crippen LogP contribution >= 0.6 is 0 Å². The Hall–Kier alpha value is -4.49. The fourth-order valence-electron chi connectivity index (χ4n) is 5.76. The number of esters is 1. The molecule has 3 aromatic rings. The number of nitrogens with zero attached hydrogens (tertiary/aromatic N) is 6. The Labute approximate surface area is 261 Å². The third kappa shape index (κ3) is 7.78. The van der Waals surface area contributed by atoms with Gasteiger partial charge in [0.05, 0.1) is 31.6 Å². The molecule has 0 aliphatic carbocycles. The minimum absolute atomic E-state index is 0.0993. The van der Waals surface area contributed by atoms with Gasteiger partial charge in [0.2, 0.25) is 5.95 Å². The summed E-state index contributed by atoms with van der Waals surface area (Å²) in [5, 5.41) is 6.62. The summed E-state index contributed by atoms with van der Waals surface area (Å²) in [6, 6.07) is 4.88. The van der Waals surface area contributed by atoms with Gasteiger partial charge < -0.3 is 33.9 Å². The van der Waals surface area contributed by atoms with E-state index in [1.54, 1.807) is 39.2 Å². The van der Waals surface area contributed by atoms with Gasteiger partial charge >= 0.3 is 18.1 Å². The monoisotopic (exact) mass is 625 g/mol. The number of benzene rings is 1. The molecule has 0 spiro atoms. The summed E-state index contributed by atoms with van der Waals surface area (Å²) in [5.74, 6) is -0.128. The first-order chi connectivity index (χ1) is 21.4. The van der Waals surface area contributed by atoms with Crippen LogP contribution in [0.5, 0.6) is 5.75 Å². The number of nitrogens with one attached hydrogen (secondary N) is 1. The molecule has 1 N–H and O–H groups in total. The van der Waals surface area contributed by atoms with Gasteiger partial charge in [0.15, 0.2) is 5.75 Å². The van der Waals surface area contributed by atoms with Crippen molar-refractivity contribution in [1.29, 1.82) is 0 Å². The van der Waals surface area contributed by atoms with Crippen LogP contribution in [0.2, 0.25) is 0 Å². The van der Waals surface area contributed by atoms with Crippen LogP contribution in [0.4, 0.5) is 21.1 Å². The number of alkyl carbamates (subject to hydrolysis) is 1. The maximum absolute atomic E-state index is 15.0. The molecule has 0 unspecified atom stereocenters. The highest BCUT2D eigenvalue weighted by atomic mass is 19.1. The van der Waals surface area contributed by atoms with Crippen molar-refractivity contribution in [2.24, 2.45) is 5.92 Å². The van der Waals surface area contributed by atoms with E-state index in [-0.39, 0.29) is 29.6 Å². The van der Waals surface area contributed by atoms with Crippen molar-refractivity contribution in [3.63, 3.8) is 0 Å². The van der Waals surface area contributed by atoms with E-state index in [2.05, 4.69) is 30.2 Å². The molecule has 1 aromatic carbocycles. The van der Waals surface area contributed by atoms with Crippen LogP contribution in [0.3, 0.4) is 0 Å². The molecule has 14 heteroatoms. The average molecular weight is 626 g/mol. The number of hydrogen-bond acceptors (Lipinski definition) is 12. The number of anilines is 2. The summed E-state index contributed by atoms with van der Waals surface area (Å²) < 4.78 is 36.5. The lowest BCUT2D eigenvalue weighted by Gasteiger charge is -2.33. The van der Waals surface area contributed by atoms with E-state index in [4.69, 9.17) is 14.0 Å². The van der Waals surface area contributed by atoms with Crippen LogP contribution in [0.1, 0.15) is 68.2 Å². The van der Waals surface area contributed by atoms with Crippen LogP contribution in [0, 0.1) is 18.7 Å². The largest absolute Gasteiger partial charge is 0.487 e. The maximum atomic E-state index is 15.0. The van der Waals surface area contributed by atoms with E-state index < -0.39 is 23.7 Å². The minimum atomic E-state index is -0.663. The van der Waals surface area contributed by atoms with Crippen molar-refractivity contribution < 1.29 is 32.7 Å². The van der Waals surface area contributed by atoms with Gasteiger partial charge in [-0.1, -0.05) is 17.7 Å². The van der Waals surface area contributed by atoms with E-state index >= 15 is 0 Å². The first kappa shape index (κ1) is 31.9. The quantitative estimate of drug-likeness (QED) is 0.357. The summed E-state index contributed by atoms with van der Waals surface area (Å²) >= 11 is 0. The zero-order valence-electron chi connectivity index (χ0n) is 26.4. The molecule has 2 aliphatic heterocycles. The van der Waals surface area contributed by atoms with Gasteiger partial charge in [-0.25, -0.2) is 23.9 Å². The van der Waals surface area contributed by atoms with Crippen LogP contribution in [-0.2, 0) is 9.47 Å². The highest BCUT2D eigenvalue weighted by Gasteiger charge is 2.38. The number of halogens is 1. The lowest BCUT2D eigenvalue weighted by atomic mass is 9.92. The molecule has 4 heterocycles. The molecule has 13 nitrogen and oxygen atoms in total. The van der Waals surface area contributed by atoms with Crippen LogP contribution in [0.15, 0.2) is 35.1 Å². The van der Waals surface area contributed by atoms with Gasteiger partial charge in [-0.15, -0.1) is 0 Å². The summed E-state index contributed by atoms with van der Waals surface area (Å²) in [4.78, 5) is 41.4. The number of hydrogen-bond donors (Lipinski definition) is 1. The first-order valence-electron chi connectivity index (χ1n) is 15.1. The minimum Gasteiger partial charge on any atom is -0.487 e. The average Bonchev–Trinajstić information content (AvgIpc) is 3.66. The van der Waals surface area contributed by atoms with Crippen molar-refractivity contribution in [1.82, 2.24) is 25.4 Å². The van der Waals surface area contributed by atoms with Crippen molar-refractivity contribution in [3.8, 4) is 5.75 Å². The van der Waals surface area contributed by atoms with Crippen molar-refractivity contribution >= 4 is 24.0 Å². The molecule has 45 heavy (non-hydrogen) atoms. The van der Waals surface area contributed by atoms with Gasteiger partial charge in [-0.05, 0) is 70.2 Å². The number of rotatable bonds is 8. The van der Waals surface area contributed by atoms with Crippen molar-refractivity contribution in [2.45, 2.75) is 71.1 Å². The Bertz CT molecular complexity index is 1490. The predicted octanol–water partition coefficient (Wildman–Crippen LogP) is 4.27. The SMILES string of the molecule is COC(=O)c1noc(N2CCC([C@H](C)Oc3cnc(N4C[C@H](NC(=O)OC(C)(C)C)[C@@H](c5cc(C)ccc5F)C4)nc3)CC2)n1. The van der Waals surface area contributed by atoms with Crippen molar-refractivity contribution in [3.05, 3.63) is 53.4 Å². The van der Waals surface area contributed by atoms with Gasteiger partial charge in [-0.3, -0.25) is 0 Å². The number of aryl methyl sites for hydroxylation is 1. The van der Waals surface area contributed by atoms with Crippen LogP contribution in [-0.4, -0.2) is 83.2 Å². The maximum Gasteiger partial charge on any atom is 0.407 e. The topological polar surface area (TPSA) is 145 Å². The van der Waals surface area contributed by atoms with Gasteiger partial charge in [0.1, 0.15) is 11.4 Å².